The van der Waals surface area contributed by atoms with Crippen LogP contribution in [0.4, 0.5) is 4.79 Å². The summed E-state index contributed by atoms with van der Waals surface area (Å²) in [4.78, 5) is 23.9. The van der Waals surface area contributed by atoms with E-state index in [2.05, 4.69) is 5.32 Å². The first-order valence-electron chi connectivity index (χ1n) is 6.36. The van der Waals surface area contributed by atoms with Gasteiger partial charge in [-0.25, -0.2) is 4.79 Å². The van der Waals surface area contributed by atoms with Gasteiger partial charge in [0.15, 0.2) is 0 Å². The lowest BCUT2D eigenvalue weighted by atomic mass is 10.2. The Hall–Kier alpha value is -1.30. The number of amides is 2. The molecule has 6 heteroatoms. The lowest BCUT2D eigenvalue weighted by Crippen LogP contribution is -2.46. The van der Waals surface area contributed by atoms with Crippen LogP contribution >= 0.6 is 0 Å². The van der Waals surface area contributed by atoms with Gasteiger partial charge in [-0.2, -0.15) is 0 Å². The zero-order valence-electron chi connectivity index (χ0n) is 11.4. The van der Waals surface area contributed by atoms with Gasteiger partial charge >= 0.3 is 12.0 Å². The normalized spacial score (nSPS) is 11.9. The van der Waals surface area contributed by atoms with Crippen LogP contribution < -0.4 is 5.32 Å². The first kappa shape index (κ1) is 16.7. The lowest BCUT2D eigenvalue weighted by molar-refractivity contribution is -0.138. The van der Waals surface area contributed by atoms with Crippen LogP contribution in [0.3, 0.4) is 0 Å². The van der Waals surface area contributed by atoms with Crippen LogP contribution in [0.5, 0.6) is 0 Å². The molecule has 0 aromatic heterocycles. The van der Waals surface area contributed by atoms with Gasteiger partial charge in [0.1, 0.15) is 0 Å². The minimum absolute atomic E-state index is 0.0415. The van der Waals surface area contributed by atoms with Gasteiger partial charge in [-0.15, -0.1) is 0 Å². The third kappa shape index (κ3) is 7.11. The van der Waals surface area contributed by atoms with Gasteiger partial charge in [0.25, 0.3) is 0 Å². The number of hydrogen-bond acceptors (Lipinski definition) is 3. The Morgan fingerprint density at radius 1 is 1.39 bits per heavy atom. The molecule has 1 atom stereocenters. The van der Waals surface area contributed by atoms with Crippen molar-refractivity contribution in [3.8, 4) is 0 Å². The maximum absolute atomic E-state index is 11.8. The summed E-state index contributed by atoms with van der Waals surface area (Å²) in [5, 5.41) is 11.5. The van der Waals surface area contributed by atoms with Crippen molar-refractivity contribution in [2.45, 2.75) is 39.7 Å². The maximum Gasteiger partial charge on any atom is 0.317 e. The van der Waals surface area contributed by atoms with E-state index in [4.69, 9.17) is 9.84 Å². The first-order chi connectivity index (χ1) is 8.52. The van der Waals surface area contributed by atoms with Crippen molar-refractivity contribution < 1.29 is 19.4 Å². The van der Waals surface area contributed by atoms with Gasteiger partial charge < -0.3 is 20.1 Å². The fourth-order valence-electron chi connectivity index (χ4n) is 1.63. The fraction of sp³-hybridized carbons (Fsp3) is 0.833. The first-order valence-corrected chi connectivity index (χ1v) is 6.36. The van der Waals surface area contributed by atoms with Crippen molar-refractivity contribution in [2.24, 2.45) is 0 Å². The van der Waals surface area contributed by atoms with E-state index in [-0.39, 0.29) is 18.5 Å². The summed E-state index contributed by atoms with van der Waals surface area (Å²) in [6, 6.07) is -0.526. The monoisotopic (exact) mass is 260 g/mol. The number of carbonyl (C=O) groups is 2. The van der Waals surface area contributed by atoms with Gasteiger partial charge in [-0.1, -0.05) is 0 Å². The summed E-state index contributed by atoms with van der Waals surface area (Å²) in [6.45, 7) is 7.81. The smallest absolute Gasteiger partial charge is 0.317 e. The molecule has 106 valence electrons. The molecule has 0 aliphatic carbocycles. The number of nitrogens with zero attached hydrogens (tertiary/aromatic N) is 1. The van der Waals surface area contributed by atoms with Crippen molar-refractivity contribution in [3.63, 3.8) is 0 Å². The molecule has 0 heterocycles. The molecule has 2 N–H and O–H groups in total. The molecule has 18 heavy (non-hydrogen) atoms. The average molecular weight is 260 g/mol. The molecule has 0 radical (unpaired) electrons. The van der Waals surface area contributed by atoms with E-state index in [1.165, 1.54) is 4.90 Å². The number of rotatable bonds is 9. The van der Waals surface area contributed by atoms with Crippen LogP contribution in [0.25, 0.3) is 0 Å². The van der Waals surface area contributed by atoms with Crippen LogP contribution in [0, 0.1) is 0 Å². The van der Waals surface area contributed by atoms with E-state index in [0.717, 1.165) is 6.42 Å². The van der Waals surface area contributed by atoms with Gasteiger partial charge in [0, 0.05) is 32.3 Å². The van der Waals surface area contributed by atoms with E-state index in [9.17, 15) is 9.59 Å². The average Bonchev–Trinajstić information content (AvgIpc) is 2.28. The topological polar surface area (TPSA) is 78.9 Å². The molecule has 0 spiro atoms. The van der Waals surface area contributed by atoms with Crippen molar-refractivity contribution >= 4 is 12.0 Å². The number of nitrogens with one attached hydrogen (secondary N) is 1. The number of carbonyl (C=O) groups excluding carboxylic acids is 1. The summed E-state index contributed by atoms with van der Waals surface area (Å²) in [5.41, 5.74) is 0. The molecule has 6 nitrogen and oxygen atoms in total. The Morgan fingerprint density at radius 3 is 2.56 bits per heavy atom. The zero-order valence-corrected chi connectivity index (χ0v) is 11.4. The van der Waals surface area contributed by atoms with Crippen LogP contribution in [-0.4, -0.2) is 54.4 Å². The molecule has 0 saturated heterocycles. The van der Waals surface area contributed by atoms with Gasteiger partial charge in [-0.05, 0) is 27.2 Å². The number of carboxylic acid groups (broad SMARTS) is 1. The highest BCUT2D eigenvalue weighted by molar-refractivity contribution is 5.75. The van der Waals surface area contributed by atoms with Gasteiger partial charge in [-0.3, -0.25) is 4.79 Å². The van der Waals surface area contributed by atoms with E-state index >= 15 is 0 Å². The van der Waals surface area contributed by atoms with Crippen LogP contribution in [0.15, 0.2) is 0 Å². The molecule has 0 fully saturated rings. The second-order valence-corrected chi connectivity index (χ2v) is 4.02. The number of urea groups is 1. The molecule has 0 aromatic rings. The Kier molecular flexibility index (Phi) is 9.00. The van der Waals surface area contributed by atoms with E-state index in [0.29, 0.717) is 26.3 Å². The highest BCUT2D eigenvalue weighted by Crippen LogP contribution is 2.04. The Balaban J connectivity index is 3.98. The summed E-state index contributed by atoms with van der Waals surface area (Å²) >= 11 is 0. The van der Waals surface area contributed by atoms with Crippen molar-refractivity contribution in [2.75, 3.05) is 26.3 Å². The molecule has 0 aromatic carbocycles. The highest BCUT2D eigenvalue weighted by atomic mass is 16.5. The molecule has 1 unspecified atom stereocenters. The molecular weight excluding hydrogens is 236 g/mol. The van der Waals surface area contributed by atoms with Crippen molar-refractivity contribution in [1.82, 2.24) is 10.2 Å². The summed E-state index contributed by atoms with van der Waals surface area (Å²) in [7, 11) is 0. The molecule has 0 saturated carbocycles. The standard InChI is InChI=1S/C12H24N2O4/c1-4-14(10(3)9-11(15)16)12(17)13-7-6-8-18-5-2/h10H,4-9H2,1-3H3,(H,13,17)(H,15,16). The van der Waals surface area contributed by atoms with E-state index in [1.807, 2.05) is 13.8 Å². The zero-order chi connectivity index (χ0) is 14.0. The third-order valence-corrected chi connectivity index (χ3v) is 2.55. The lowest BCUT2D eigenvalue weighted by Gasteiger charge is -2.27. The van der Waals surface area contributed by atoms with E-state index in [1.54, 1.807) is 6.92 Å². The number of hydrogen-bond donors (Lipinski definition) is 2. The Morgan fingerprint density at radius 2 is 2.06 bits per heavy atom. The molecule has 0 aliphatic rings. The molecule has 0 rings (SSSR count). The molecule has 0 aliphatic heterocycles. The Labute approximate surface area is 108 Å². The third-order valence-electron chi connectivity index (χ3n) is 2.55. The Bertz CT molecular complexity index is 258. The molecular formula is C12H24N2O4. The largest absolute Gasteiger partial charge is 0.481 e. The van der Waals surface area contributed by atoms with Gasteiger partial charge in [0.05, 0.1) is 6.42 Å². The predicted molar refractivity (Wildman–Crippen MR) is 68.6 cm³/mol. The van der Waals surface area contributed by atoms with Gasteiger partial charge in [0.2, 0.25) is 0 Å². The molecule has 0 bridgehead atoms. The number of ether oxygens (including phenoxy) is 1. The second kappa shape index (κ2) is 9.70. The summed E-state index contributed by atoms with van der Waals surface area (Å²) < 4.78 is 5.16. The van der Waals surface area contributed by atoms with Crippen molar-refractivity contribution in [3.05, 3.63) is 0 Å². The summed E-state index contributed by atoms with van der Waals surface area (Å²) in [6.07, 6.45) is 0.713. The number of carboxylic acids is 1. The fourth-order valence-corrected chi connectivity index (χ4v) is 1.63. The minimum atomic E-state index is -0.898. The van der Waals surface area contributed by atoms with Crippen LogP contribution in [0.1, 0.15) is 33.6 Å². The highest BCUT2D eigenvalue weighted by Gasteiger charge is 2.20. The van der Waals surface area contributed by atoms with Crippen LogP contribution in [0.2, 0.25) is 0 Å². The van der Waals surface area contributed by atoms with Crippen molar-refractivity contribution in [1.29, 1.82) is 0 Å². The predicted octanol–water partition coefficient (Wildman–Crippen LogP) is 1.31. The van der Waals surface area contributed by atoms with E-state index < -0.39 is 5.97 Å². The quantitative estimate of drug-likeness (QED) is 0.613. The number of aliphatic carboxylic acids is 1. The minimum Gasteiger partial charge on any atom is -0.481 e. The second-order valence-electron chi connectivity index (χ2n) is 4.02. The maximum atomic E-state index is 11.8. The van der Waals surface area contributed by atoms with Crippen LogP contribution in [-0.2, 0) is 9.53 Å². The summed E-state index contributed by atoms with van der Waals surface area (Å²) in [5.74, 6) is -0.898. The SMILES string of the molecule is CCOCCCNC(=O)N(CC)C(C)CC(=O)O. The molecule has 2 amide bonds.